The van der Waals surface area contributed by atoms with Crippen LogP contribution in [0.4, 0.5) is 8.78 Å². The summed E-state index contributed by atoms with van der Waals surface area (Å²) in [6.07, 6.45) is 1.58. The summed E-state index contributed by atoms with van der Waals surface area (Å²) < 4.78 is 49.7. The molecule has 2 rings (SSSR count). The molecule has 21 heavy (non-hydrogen) atoms. The van der Waals surface area contributed by atoms with E-state index in [1.807, 2.05) is 0 Å². The van der Waals surface area contributed by atoms with E-state index in [9.17, 15) is 22.0 Å². The molecule has 116 valence electrons. The number of amides is 1. The summed E-state index contributed by atoms with van der Waals surface area (Å²) in [6.45, 7) is 2.97. The van der Waals surface area contributed by atoms with Crippen LogP contribution in [-0.4, -0.2) is 32.3 Å². The number of halogens is 2. The van der Waals surface area contributed by atoms with Crippen molar-refractivity contribution in [2.45, 2.75) is 24.7 Å². The van der Waals surface area contributed by atoms with E-state index in [0.29, 0.717) is 31.1 Å². The zero-order chi connectivity index (χ0) is 15.8. The van der Waals surface area contributed by atoms with Crippen molar-refractivity contribution in [3.63, 3.8) is 0 Å². The molecular weight excluding hydrogens is 302 g/mol. The third-order valence-electron chi connectivity index (χ3n) is 3.63. The topological polar surface area (TPSA) is 80.5 Å². The summed E-state index contributed by atoms with van der Waals surface area (Å²) >= 11 is 0. The molecule has 1 amide bonds. The minimum atomic E-state index is -4.36. The maximum Gasteiger partial charge on any atom is 0.256 e. The molecule has 0 radical (unpaired) electrons. The normalized spacial score (nSPS) is 17.0. The molecule has 1 heterocycles. The molecule has 2 N–H and O–H groups in total. The summed E-state index contributed by atoms with van der Waals surface area (Å²) in [6, 6.07) is 1.04. The van der Waals surface area contributed by atoms with Crippen molar-refractivity contribution in [2.75, 3.05) is 13.1 Å². The average Bonchev–Trinajstić information content (AvgIpc) is 2.37. The first-order chi connectivity index (χ1) is 9.70. The van der Waals surface area contributed by atoms with Crippen molar-refractivity contribution >= 4 is 15.9 Å². The second-order valence-electron chi connectivity index (χ2n) is 5.28. The molecule has 0 aliphatic carbocycles. The van der Waals surface area contributed by atoms with Crippen molar-refractivity contribution in [3.05, 3.63) is 29.3 Å². The van der Waals surface area contributed by atoms with Gasteiger partial charge in [0.05, 0.1) is 5.56 Å². The van der Waals surface area contributed by atoms with Crippen LogP contribution in [0.25, 0.3) is 0 Å². The first-order valence-electron chi connectivity index (χ1n) is 6.51. The third-order valence-corrected chi connectivity index (χ3v) is 4.56. The van der Waals surface area contributed by atoms with E-state index in [1.165, 1.54) is 4.90 Å². The molecule has 1 aromatic carbocycles. The molecule has 1 saturated heterocycles. The van der Waals surface area contributed by atoms with Crippen LogP contribution in [0.3, 0.4) is 0 Å². The molecule has 0 bridgehead atoms. The predicted octanol–water partition coefficient (Wildman–Crippen LogP) is 1.48. The number of benzene rings is 1. The van der Waals surface area contributed by atoms with Crippen LogP contribution in [-0.2, 0) is 10.0 Å². The minimum Gasteiger partial charge on any atom is -0.339 e. The fraction of sp³-hybridized carbons (Fsp3) is 0.462. The number of likely N-dealkylation sites (tertiary alicyclic amines) is 1. The molecule has 1 aliphatic heterocycles. The third kappa shape index (κ3) is 3.38. The van der Waals surface area contributed by atoms with Gasteiger partial charge in [-0.2, -0.15) is 0 Å². The number of hydrogen-bond acceptors (Lipinski definition) is 3. The smallest absolute Gasteiger partial charge is 0.256 e. The van der Waals surface area contributed by atoms with Crippen molar-refractivity contribution in [1.82, 2.24) is 4.90 Å². The first-order valence-corrected chi connectivity index (χ1v) is 8.06. The number of carbonyl (C=O) groups excluding carboxylic acids is 1. The van der Waals surface area contributed by atoms with Crippen LogP contribution < -0.4 is 5.14 Å². The Kier molecular flexibility index (Phi) is 4.29. The van der Waals surface area contributed by atoms with E-state index >= 15 is 0 Å². The fourth-order valence-electron chi connectivity index (χ4n) is 2.29. The molecule has 1 fully saturated rings. The van der Waals surface area contributed by atoms with Crippen molar-refractivity contribution in [1.29, 1.82) is 0 Å². The van der Waals surface area contributed by atoms with Crippen LogP contribution in [0, 0.1) is 17.6 Å². The Morgan fingerprint density at radius 2 is 1.81 bits per heavy atom. The number of nitrogens with two attached hydrogens (primary N) is 1. The Morgan fingerprint density at radius 1 is 1.24 bits per heavy atom. The number of nitrogens with zero attached hydrogens (tertiary/aromatic N) is 1. The molecule has 0 unspecified atom stereocenters. The Bertz CT molecular complexity index is 668. The van der Waals surface area contributed by atoms with Gasteiger partial charge in [-0.25, -0.2) is 22.3 Å². The number of rotatable bonds is 2. The fourth-order valence-corrected chi connectivity index (χ4v) is 2.91. The van der Waals surface area contributed by atoms with E-state index < -0.39 is 38.0 Å². The number of hydrogen-bond donors (Lipinski definition) is 1. The molecule has 0 saturated carbocycles. The minimum absolute atomic E-state index is 0.375. The van der Waals surface area contributed by atoms with Crippen LogP contribution in [0.1, 0.15) is 30.1 Å². The highest BCUT2D eigenvalue weighted by Crippen LogP contribution is 2.22. The molecular formula is C13H16F2N2O3S. The summed E-state index contributed by atoms with van der Waals surface area (Å²) in [5.74, 6) is -2.57. The standard InChI is InChI=1S/C13H16F2N2O3S/c1-8-2-4-17(5-3-8)13(18)9-6-12(21(16,19)20)11(15)7-10(9)14/h6-8H,2-5H2,1H3,(H2,16,19,20). The van der Waals surface area contributed by atoms with Crippen molar-refractivity contribution in [2.24, 2.45) is 11.1 Å². The van der Waals surface area contributed by atoms with Crippen LogP contribution in [0.15, 0.2) is 17.0 Å². The van der Waals surface area contributed by atoms with Gasteiger partial charge < -0.3 is 4.90 Å². The van der Waals surface area contributed by atoms with Gasteiger partial charge in [-0.3, -0.25) is 4.79 Å². The molecule has 0 aromatic heterocycles. The van der Waals surface area contributed by atoms with Gasteiger partial charge in [0, 0.05) is 19.2 Å². The molecule has 1 aliphatic rings. The lowest BCUT2D eigenvalue weighted by Crippen LogP contribution is -2.38. The second kappa shape index (κ2) is 5.69. The summed E-state index contributed by atoms with van der Waals surface area (Å²) in [4.78, 5) is 12.8. The van der Waals surface area contributed by atoms with Gasteiger partial charge in [-0.15, -0.1) is 0 Å². The maximum atomic E-state index is 13.8. The van der Waals surface area contributed by atoms with Crippen LogP contribution >= 0.6 is 0 Å². The summed E-state index contributed by atoms with van der Waals surface area (Å²) in [5, 5.41) is 4.86. The Hall–Kier alpha value is -1.54. The van der Waals surface area contributed by atoms with Crippen molar-refractivity contribution in [3.8, 4) is 0 Å². The lowest BCUT2D eigenvalue weighted by molar-refractivity contribution is 0.0692. The van der Waals surface area contributed by atoms with Gasteiger partial charge in [0.2, 0.25) is 10.0 Å². The number of piperidine rings is 1. The SMILES string of the molecule is CC1CCN(C(=O)c2cc(S(N)(=O)=O)c(F)cc2F)CC1. The van der Waals surface area contributed by atoms with E-state index in [0.717, 1.165) is 12.8 Å². The van der Waals surface area contributed by atoms with E-state index in [4.69, 9.17) is 5.14 Å². The largest absolute Gasteiger partial charge is 0.339 e. The molecule has 1 aromatic rings. The van der Waals surface area contributed by atoms with Gasteiger partial charge in [-0.05, 0) is 24.8 Å². The molecule has 0 atom stereocenters. The highest BCUT2D eigenvalue weighted by atomic mass is 32.2. The van der Waals surface area contributed by atoms with Crippen LogP contribution in [0.2, 0.25) is 0 Å². The summed E-state index contributed by atoms with van der Waals surface area (Å²) in [7, 11) is -4.36. The number of sulfonamides is 1. The van der Waals surface area contributed by atoms with Gasteiger partial charge in [-0.1, -0.05) is 6.92 Å². The number of primary sulfonamides is 1. The molecule has 0 spiro atoms. The van der Waals surface area contributed by atoms with Crippen molar-refractivity contribution < 1.29 is 22.0 Å². The van der Waals surface area contributed by atoms with Gasteiger partial charge in [0.15, 0.2) is 0 Å². The lowest BCUT2D eigenvalue weighted by Gasteiger charge is -2.30. The van der Waals surface area contributed by atoms with Gasteiger partial charge >= 0.3 is 0 Å². The van der Waals surface area contributed by atoms with Gasteiger partial charge in [0.25, 0.3) is 5.91 Å². The number of carbonyl (C=O) groups is 1. The Balaban J connectivity index is 2.37. The highest BCUT2D eigenvalue weighted by molar-refractivity contribution is 7.89. The monoisotopic (exact) mass is 318 g/mol. The van der Waals surface area contributed by atoms with E-state index in [2.05, 4.69) is 6.92 Å². The average molecular weight is 318 g/mol. The highest BCUT2D eigenvalue weighted by Gasteiger charge is 2.26. The molecule has 5 nitrogen and oxygen atoms in total. The predicted molar refractivity (Wildman–Crippen MR) is 72.0 cm³/mol. The first kappa shape index (κ1) is 15.8. The van der Waals surface area contributed by atoms with Crippen LogP contribution in [0.5, 0.6) is 0 Å². The maximum absolute atomic E-state index is 13.8. The van der Waals surface area contributed by atoms with E-state index in [1.54, 1.807) is 0 Å². The zero-order valence-corrected chi connectivity index (χ0v) is 12.3. The lowest BCUT2D eigenvalue weighted by atomic mass is 9.98. The Labute approximate surface area is 121 Å². The quantitative estimate of drug-likeness (QED) is 0.897. The molecule has 8 heteroatoms. The Morgan fingerprint density at radius 3 is 2.33 bits per heavy atom. The summed E-state index contributed by atoms with van der Waals surface area (Å²) in [5.41, 5.74) is -0.477. The van der Waals surface area contributed by atoms with Gasteiger partial charge in [0.1, 0.15) is 16.5 Å². The zero-order valence-electron chi connectivity index (χ0n) is 11.5. The van der Waals surface area contributed by atoms with E-state index in [-0.39, 0.29) is 0 Å². The second-order valence-corrected chi connectivity index (χ2v) is 6.81.